The van der Waals surface area contributed by atoms with Crippen molar-refractivity contribution in [3.05, 3.63) is 22.3 Å². The Bertz CT molecular complexity index is 435. The zero-order chi connectivity index (χ0) is 14.8. The second kappa shape index (κ2) is 6.75. The molecule has 20 heavy (non-hydrogen) atoms. The van der Waals surface area contributed by atoms with Crippen LogP contribution in [-0.2, 0) is 13.6 Å². The summed E-state index contributed by atoms with van der Waals surface area (Å²) >= 11 is 11.1. The fourth-order valence-electron chi connectivity index (χ4n) is 3.01. The van der Waals surface area contributed by atoms with Crippen molar-refractivity contribution in [3.8, 4) is 0 Å². The van der Waals surface area contributed by atoms with Crippen LogP contribution < -0.4 is 0 Å². The van der Waals surface area contributed by atoms with Crippen LogP contribution in [0.2, 0.25) is 0 Å². The van der Waals surface area contributed by atoms with Gasteiger partial charge >= 0.3 is 7.60 Å². The largest absolute Gasteiger partial charge is 0.341 e. The van der Waals surface area contributed by atoms with Gasteiger partial charge in [0.05, 0.1) is 13.2 Å². The van der Waals surface area contributed by atoms with Crippen LogP contribution in [0.4, 0.5) is 0 Å². The minimum absolute atomic E-state index is 0.0309. The molecule has 0 aromatic rings. The molecule has 4 unspecified atom stereocenters. The summed E-state index contributed by atoms with van der Waals surface area (Å²) in [5.41, 5.74) is -0.751. The SMILES string of the molecule is O=[N+]([O-])C1C2C=CC(C2)C1P(=O)(OCCCl)OCCCl. The molecule has 0 saturated heterocycles. The Kier molecular flexibility index (Phi) is 5.49. The summed E-state index contributed by atoms with van der Waals surface area (Å²) in [6.45, 7) is 0.0618. The Morgan fingerprint density at radius 3 is 2.25 bits per heavy atom. The highest BCUT2D eigenvalue weighted by Crippen LogP contribution is 2.63. The van der Waals surface area contributed by atoms with E-state index in [2.05, 4.69) is 0 Å². The van der Waals surface area contributed by atoms with E-state index in [1.54, 1.807) is 0 Å². The van der Waals surface area contributed by atoms with E-state index >= 15 is 0 Å². The number of allylic oxidation sites excluding steroid dienone is 1. The normalized spacial score (nSPS) is 31.9. The van der Waals surface area contributed by atoms with Crippen LogP contribution in [-0.4, -0.2) is 41.6 Å². The third-order valence-corrected chi connectivity index (χ3v) is 6.49. The van der Waals surface area contributed by atoms with Crippen molar-refractivity contribution in [3.63, 3.8) is 0 Å². The molecule has 0 radical (unpaired) electrons. The van der Waals surface area contributed by atoms with Crippen LogP contribution >= 0.6 is 30.8 Å². The lowest BCUT2D eigenvalue weighted by atomic mass is 10.0. The highest BCUT2D eigenvalue weighted by Gasteiger charge is 2.61. The predicted octanol–water partition coefficient (Wildman–Crippen LogP) is 2.91. The van der Waals surface area contributed by atoms with Crippen LogP contribution in [0, 0.1) is 22.0 Å². The number of rotatable bonds is 8. The first-order valence-corrected chi connectivity index (χ1v) is 9.04. The molecule has 0 N–H and O–H groups in total. The molecule has 2 bridgehead atoms. The van der Waals surface area contributed by atoms with Gasteiger partial charge in [-0.2, -0.15) is 0 Å². The number of halogens is 2. The number of nitrogens with zero attached hydrogens (tertiary/aromatic N) is 1. The van der Waals surface area contributed by atoms with Gasteiger partial charge in [-0.15, -0.1) is 23.2 Å². The van der Waals surface area contributed by atoms with E-state index in [0.29, 0.717) is 6.42 Å². The fraction of sp³-hybridized carbons (Fsp3) is 0.818. The Hall–Kier alpha value is -0.130. The first-order chi connectivity index (χ1) is 9.53. The van der Waals surface area contributed by atoms with Crippen LogP contribution in [0.1, 0.15) is 6.42 Å². The Balaban J connectivity index is 2.24. The molecule has 2 aliphatic carbocycles. The summed E-state index contributed by atoms with van der Waals surface area (Å²) in [4.78, 5) is 10.9. The monoisotopic (exact) mass is 343 g/mol. The molecule has 1 fully saturated rings. The maximum Gasteiger partial charge on any atom is 0.341 e. The molecule has 0 aromatic heterocycles. The molecule has 0 aromatic carbocycles. The molecule has 2 aliphatic rings. The maximum atomic E-state index is 12.9. The van der Waals surface area contributed by atoms with E-state index in [0.717, 1.165) is 0 Å². The lowest BCUT2D eigenvalue weighted by molar-refractivity contribution is -0.526. The highest BCUT2D eigenvalue weighted by molar-refractivity contribution is 7.54. The summed E-state index contributed by atoms with van der Waals surface area (Å²) < 4.78 is 23.5. The first-order valence-electron chi connectivity index (χ1n) is 6.36. The molecular weight excluding hydrogens is 328 g/mol. The Labute approximate surface area is 127 Å². The number of hydrogen-bond donors (Lipinski definition) is 0. The molecule has 0 heterocycles. The third-order valence-electron chi connectivity index (χ3n) is 3.68. The molecule has 6 nitrogen and oxygen atoms in total. The van der Waals surface area contributed by atoms with Crippen LogP contribution in [0.15, 0.2) is 12.2 Å². The van der Waals surface area contributed by atoms with Gasteiger partial charge in [-0.05, 0) is 12.3 Å². The molecular formula is C11H16Cl2NO5P. The van der Waals surface area contributed by atoms with Gasteiger partial charge in [0, 0.05) is 22.6 Å². The fourth-order valence-corrected chi connectivity index (χ4v) is 5.88. The predicted molar refractivity (Wildman–Crippen MR) is 76.3 cm³/mol. The number of nitro groups is 1. The second-order valence-corrected chi connectivity index (χ2v) is 7.75. The zero-order valence-electron chi connectivity index (χ0n) is 10.7. The quantitative estimate of drug-likeness (QED) is 0.222. The van der Waals surface area contributed by atoms with E-state index in [-0.39, 0.29) is 41.7 Å². The van der Waals surface area contributed by atoms with Gasteiger partial charge in [0.15, 0.2) is 0 Å². The molecule has 0 amide bonds. The van der Waals surface area contributed by atoms with Gasteiger partial charge in [0.2, 0.25) is 6.04 Å². The van der Waals surface area contributed by atoms with E-state index in [9.17, 15) is 14.7 Å². The topological polar surface area (TPSA) is 78.7 Å². The molecule has 0 spiro atoms. The molecule has 1 saturated carbocycles. The molecule has 2 rings (SSSR count). The Morgan fingerprint density at radius 1 is 1.20 bits per heavy atom. The van der Waals surface area contributed by atoms with Gasteiger partial charge in [-0.1, -0.05) is 12.2 Å². The molecule has 4 atom stereocenters. The van der Waals surface area contributed by atoms with E-state index in [1.165, 1.54) is 0 Å². The first kappa shape index (κ1) is 16.2. The minimum atomic E-state index is -3.61. The van der Waals surface area contributed by atoms with Gasteiger partial charge in [0.25, 0.3) is 0 Å². The highest BCUT2D eigenvalue weighted by atomic mass is 35.5. The lowest BCUT2D eigenvalue weighted by Gasteiger charge is -2.29. The summed E-state index contributed by atoms with van der Waals surface area (Å²) in [5.74, 6) is -0.0541. The average molecular weight is 344 g/mol. The van der Waals surface area contributed by atoms with Gasteiger partial charge < -0.3 is 9.05 Å². The van der Waals surface area contributed by atoms with Crippen molar-refractivity contribution in [2.45, 2.75) is 18.1 Å². The number of alkyl halides is 2. The maximum absolute atomic E-state index is 12.9. The third kappa shape index (κ3) is 3.04. The van der Waals surface area contributed by atoms with Gasteiger partial charge in [-0.3, -0.25) is 14.7 Å². The van der Waals surface area contributed by atoms with Crippen molar-refractivity contribution in [1.29, 1.82) is 0 Å². The van der Waals surface area contributed by atoms with Crippen molar-refractivity contribution in [1.82, 2.24) is 0 Å². The average Bonchev–Trinajstić information content (AvgIpc) is 3.03. The second-order valence-electron chi connectivity index (χ2n) is 4.80. The molecule has 114 valence electrons. The smallest absolute Gasteiger partial charge is 0.307 e. The van der Waals surface area contributed by atoms with Crippen LogP contribution in [0.25, 0.3) is 0 Å². The molecule has 9 heteroatoms. The summed E-state index contributed by atoms with van der Waals surface area (Å²) in [7, 11) is -3.61. The van der Waals surface area contributed by atoms with Crippen molar-refractivity contribution < 1.29 is 18.5 Å². The number of fused-ring (bicyclic) bond motifs is 2. The van der Waals surface area contributed by atoms with Crippen molar-refractivity contribution >= 4 is 30.8 Å². The van der Waals surface area contributed by atoms with Crippen LogP contribution in [0.5, 0.6) is 0 Å². The zero-order valence-corrected chi connectivity index (χ0v) is 13.1. The van der Waals surface area contributed by atoms with E-state index in [4.69, 9.17) is 32.2 Å². The van der Waals surface area contributed by atoms with Gasteiger partial charge in [0.1, 0.15) is 5.66 Å². The molecule has 0 aliphatic heterocycles. The van der Waals surface area contributed by atoms with Crippen LogP contribution in [0.3, 0.4) is 0 Å². The lowest BCUT2D eigenvalue weighted by Crippen LogP contribution is -2.38. The minimum Gasteiger partial charge on any atom is -0.307 e. The standard InChI is InChI=1S/C11H16Cl2NO5P/c12-3-5-18-20(17,19-6-4-13)11-9-2-1-8(7-9)10(11)14(15)16/h1-2,8-11H,3-7H2. The van der Waals surface area contributed by atoms with E-state index in [1.807, 2.05) is 12.2 Å². The summed E-state index contributed by atoms with van der Waals surface area (Å²) in [5, 5.41) is 11.3. The van der Waals surface area contributed by atoms with E-state index < -0.39 is 19.3 Å². The van der Waals surface area contributed by atoms with Crippen molar-refractivity contribution in [2.75, 3.05) is 25.0 Å². The summed E-state index contributed by atoms with van der Waals surface area (Å²) in [6, 6.07) is -0.929. The Morgan fingerprint density at radius 2 is 1.75 bits per heavy atom. The van der Waals surface area contributed by atoms with Gasteiger partial charge in [-0.25, -0.2) is 0 Å². The van der Waals surface area contributed by atoms with Crippen molar-refractivity contribution in [2.24, 2.45) is 11.8 Å². The summed E-state index contributed by atoms with van der Waals surface area (Å²) in [6.07, 6.45) is 4.31. The number of hydrogen-bond acceptors (Lipinski definition) is 5.